The Bertz CT molecular complexity index is 585. The maximum atomic E-state index is 12.3. The Hall–Kier alpha value is -2.15. The van der Waals surface area contributed by atoms with Gasteiger partial charge >= 0.3 is 0 Å². The molecule has 1 aliphatic heterocycles. The summed E-state index contributed by atoms with van der Waals surface area (Å²) in [6, 6.07) is 1.49. The van der Waals surface area contributed by atoms with Crippen molar-refractivity contribution in [3.05, 3.63) is 23.7 Å². The topological polar surface area (TPSA) is 106 Å². The van der Waals surface area contributed by atoms with Crippen molar-refractivity contribution in [1.29, 1.82) is 0 Å². The normalized spacial score (nSPS) is 28.1. The predicted octanol–water partition coefficient (Wildman–Crippen LogP) is 0.414. The van der Waals surface area contributed by atoms with E-state index in [9.17, 15) is 14.4 Å². The summed E-state index contributed by atoms with van der Waals surface area (Å²) >= 11 is 0. The van der Waals surface area contributed by atoms with Crippen LogP contribution in [0.3, 0.4) is 0 Å². The van der Waals surface area contributed by atoms with E-state index in [-0.39, 0.29) is 35.8 Å². The van der Waals surface area contributed by atoms with E-state index in [0.29, 0.717) is 11.7 Å². The first-order valence-corrected chi connectivity index (χ1v) is 6.94. The zero-order valence-corrected chi connectivity index (χ0v) is 11.7. The number of furan rings is 1. The van der Waals surface area contributed by atoms with Crippen LogP contribution in [0.5, 0.6) is 0 Å². The fraction of sp³-hybridized carbons (Fsp3) is 0.500. The number of nitrogen functional groups attached to an aromatic ring is 1. The van der Waals surface area contributed by atoms with Gasteiger partial charge in [0.05, 0.1) is 23.9 Å². The van der Waals surface area contributed by atoms with Gasteiger partial charge in [-0.3, -0.25) is 24.7 Å². The second-order valence-corrected chi connectivity index (χ2v) is 5.83. The van der Waals surface area contributed by atoms with E-state index in [1.54, 1.807) is 0 Å². The molecule has 2 atom stereocenters. The highest BCUT2D eigenvalue weighted by atomic mass is 16.3. The van der Waals surface area contributed by atoms with E-state index in [4.69, 9.17) is 10.3 Å². The van der Waals surface area contributed by atoms with Crippen molar-refractivity contribution in [1.82, 2.24) is 10.3 Å². The Morgan fingerprint density at radius 2 is 2.00 bits per heavy atom. The summed E-state index contributed by atoms with van der Waals surface area (Å²) in [6.07, 6.45) is 2.79. The fourth-order valence-corrected chi connectivity index (χ4v) is 3.32. The Morgan fingerprint density at radius 1 is 1.38 bits per heavy atom. The van der Waals surface area contributed by atoms with Gasteiger partial charge in [-0.1, -0.05) is 6.92 Å². The Labute approximate surface area is 121 Å². The molecule has 21 heavy (non-hydrogen) atoms. The van der Waals surface area contributed by atoms with Crippen molar-refractivity contribution >= 4 is 17.7 Å². The number of nitrogens with zero attached hydrogens (tertiary/aromatic N) is 1. The number of rotatable bonds is 3. The number of hydrazine groups is 1. The van der Waals surface area contributed by atoms with Crippen LogP contribution in [-0.4, -0.2) is 22.6 Å². The third-order valence-electron chi connectivity index (χ3n) is 4.33. The molecular weight excluding hydrogens is 274 g/mol. The maximum absolute atomic E-state index is 12.3. The summed E-state index contributed by atoms with van der Waals surface area (Å²) in [5.74, 6) is 4.74. The van der Waals surface area contributed by atoms with E-state index >= 15 is 0 Å². The van der Waals surface area contributed by atoms with Gasteiger partial charge in [-0.05, 0) is 24.8 Å². The molecule has 3 amide bonds. The average Bonchev–Trinajstić information content (AvgIpc) is 3.13. The molecule has 0 aromatic carbocycles. The lowest BCUT2D eigenvalue weighted by Crippen LogP contribution is -2.31. The van der Waals surface area contributed by atoms with Crippen molar-refractivity contribution in [3.8, 4) is 0 Å². The zero-order valence-electron chi connectivity index (χ0n) is 11.7. The van der Waals surface area contributed by atoms with Gasteiger partial charge in [0.25, 0.3) is 5.91 Å². The maximum Gasteiger partial charge on any atom is 0.268 e. The highest BCUT2D eigenvalue weighted by Gasteiger charge is 2.51. The molecule has 1 aliphatic carbocycles. The molecule has 1 saturated carbocycles. The largest absolute Gasteiger partial charge is 0.467 e. The van der Waals surface area contributed by atoms with Crippen molar-refractivity contribution in [2.75, 3.05) is 0 Å². The number of imide groups is 1. The number of amides is 3. The SMILES string of the molecule is CC1CC2C(=O)N(Cc3cc(C(=O)NN)co3)C(=O)C2C1. The average molecular weight is 291 g/mol. The summed E-state index contributed by atoms with van der Waals surface area (Å²) in [7, 11) is 0. The molecule has 0 spiro atoms. The standard InChI is InChI=1S/C14H17N3O4/c1-7-2-10-11(3-7)14(20)17(13(10)19)5-9-4-8(6-21-9)12(18)16-15/h4,6-7,10-11H,2-3,5,15H2,1H3,(H,16,18). The van der Waals surface area contributed by atoms with Crippen molar-refractivity contribution < 1.29 is 18.8 Å². The molecule has 2 heterocycles. The van der Waals surface area contributed by atoms with Gasteiger partial charge < -0.3 is 4.42 Å². The number of hydrogen-bond donors (Lipinski definition) is 2. The van der Waals surface area contributed by atoms with Gasteiger partial charge in [0.2, 0.25) is 11.8 Å². The Kier molecular flexibility index (Phi) is 3.29. The number of carbonyl (C=O) groups excluding carboxylic acids is 3. The van der Waals surface area contributed by atoms with E-state index in [1.807, 2.05) is 5.43 Å². The highest BCUT2D eigenvalue weighted by molar-refractivity contribution is 6.05. The first kappa shape index (κ1) is 13.8. The zero-order chi connectivity index (χ0) is 15.1. The Morgan fingerprint density at radius 3 is 2.57 bits per heavy atom. The molecule has 2 fully saturated rings. The van der Waals surface area contributed by atoms with Gasteiger partial charge in [0.15, 0.2) is 0 Å². The molecule has 0 bridgehead atoms. The summed E-state index contributed by atoms with van der Waals surface area (Å²) in [4.78, 5) is 37.2. The summed E-state index contributed by atoms with van der Waals surface area (Å²) in [6.45, 7) is 2.13. The molecule has 2 aliphatic rings. The fourth-order valence-electron chi connectivity index (χ4n) is 3.32. The van der Waals surface area contributed by atoms with Crippen LogP contribution in [0.1, 0.15) is 35.9 Å². The molecule has 1 aromatic heterocycles. The van der Waals surface area contributed by atoms with Crippen LogP contribution in [0, 0.1) is 17.8 Å². The van der Waals surface area contributed by atoms with Crippen molar-refractivity contribution in [2.24, 2.45) is 23.6 Å². The van der Waals surface area contributed by atoms with Crippen LogP contribution in [0.15, 0.2) is 16.7 Å². The number of nitrogens with two attached hydrogens (primary N) is 1. The summed E-state index contributed by atoms with van der Waals surface area (Å²) in [5.41, 5.74) is 2.26. The molecule has 1 saturated heterocycles. The van der Waals surface area contributed by atoms with Crippen LogP contribution >= 0.6 is 0 Å². The van der Waals surface area contributed by atoms with E-state index in [2.05, 4.69) is 6.92 Å². The molecule has 1 aromatic rings. The van der Waals surface area contributed by atoms with Gasteiger partial charge in [-0.25, -0.2) is 5.84 Å². The minimum absolute atomic E-state index is 0.0664. The van der Waals surface area contributed by atoms with Crippen LogP contribution in [0.2, 0.25) is 0 Å². The smallest absolute Gasteiger partial charge is 0.268 e. The lowest BCUT2D eigenvalue weighted by atomic mass is 10.00. The molecule has 2 unspecified atom stereocenters. The number of carbonyl (C=O) groups is 3. The molecular formula is C14H17N3O4. The second kappa shape index (κ2) is 5.00. The van der Waals surface area contributed by atoms with Gasteiger partial charge in [0, 0.05) is 0 Å². The van der Waals surface area contributed by atoms with Gasteiger partial charge in [-0.2, -0.15) is 0 Å². The van der Waals surface area contributed by atoms with Crippen molar-refractivity contribution in [3.63, 3.8) is 0 Å². The first-order valence-electron chi connectivity index (χ1n) is 6.94. The predicted molar refractivity (Wildman–Crippen MR) is 71.3 cm³/mol. The van der Waals surface area contributed by atoms with Crippen LogP contribution in [0.25, 0.3) is 0 Å². The first-order chi connectivity index (χ1) is 10.0. The highest BCUT2D eigenvalue weighted by Crippen LogP contribution is 2.43. The molecule has 3 N–H and O–H groups in total. The molecule has 112 valence electrons. The molecule has 3 rings (SSSR count). The van der Waals surface area contributed by atoms with E-state index in [1.165, 1.54) is 17.2 Å². The lowest BCUT2D eigenvalue weighted by Gasteiger charge is -2.15. The summed E-state index contributed by atoms with van der Waals surface area (Å²) in [5, 5.41) is 0. The molecule has 7 heteroatoms. The third-order valence-corrected chi connectivity index (χ3v) is 4.33. The number of nitrogens with one attached hydrogen (secondary N) is 1. The van der Waals surface area contributed by atoms with Crippen molar-refractivity contribution in [2.45, 2.75) is 26.3 Å². The molecule has 0 radical (unpaired) electrons. The quantitative estimate of drug-likeness (QED) is 0.363. The number of fused-ring (bicyclic) bond motifs is 1. The van der Waals surface area contributed by atoms with Crippen LogP contribution in [0.4, 0.5) is 0 Å². The second-order valence-electron chi connectivity index (χ2n) is 5.83. The van der Waals surface area contributed by atoms with Crippen LogP contribution in [-0.2, 0) is 16.1 Å². The number of hydrogen-bond acceptors (Lipinski definition) is 5. The minimum atomic E-state index is -0.477. The monoisotopic (exact) mass is 291 g/mol. The lowest BCUT2D eigenvalue weighted by molar-refractivity contribution is -0.141. The van der Waals surface area contributed by atoms with Gasteiger partial charge in [0.1, 0.15) is 12.0 Å². The van der Waals surface area contributed by atoms with E-state index in [0.717, 1.165) is 12.8 Å². The van der Waals surface area contributed by atoms with Gasteiger partial charge in [-0.15, -0.1) is 0 Å². The van der Waals surface area contributed by atoms with E-state index < -0.39 is 5.91 Å². The van der Waals surface area contributed by atoms with Crippen LogP contribution < -0.4 is 11.3 Å². The summed E-state index contributed by atoms with van der Waals surface area (Å²) < 4.78 is 5.23. The number of likely N-dealkylation sites (tertiary alicyclic amines) is 1. The third kappa shape index (κ3) is 2.23. The molecule has 7 nitrogen and oxygen atoms in total. The minimum Gasteiger partial charge on any atom is -0.467 e. The Balaban J connectivity index is 1.74.